The second kappa shape index (κ2) is 42.3. The number of rotatable bonds is 32. The number of fused-ring (bicyclic) bond motifs is 2. The summed E-state index contributed by atoms with van der Waals surface area (Å²) in [5.41, 5.74) is 10.9. The van der Waals surface area contributed by atoms with E-state index >= 15 is 4.79 Å². The van der Waals surface area contributed by atoms with E-state index in [1.807, 2.05) is 16.0 Å². The Bertz CT molecular complexity index is 2540. The number of cyclic esters (lactones) is 1. The standard InChI is InChI=1S/C62H105N11O21/c1-5-7-9-11-13-15-17-19-21-25-38(76)33-44(78)73-45(79)34-39(26-22-20-18-16-14-12-10-8-6-2)94-61(93)47(51(81)60(91)92)70-56(86)49-43(77)29-32-72(49)58(88)41(35-74)68-54(84)46(50(80)59(89)90)69-52(82)40(27-23-30-65-62(63)64)67-53(83)42-28-24-31-71(42)57(87)36(3)66-55(85)48(73)37(4)75/h36-43,46-51,74-77,80-81H,5-35H2,1-4H3,(H,66,85)(H,67,83)(H,68,84)(H,69,82)(H,70,86)(H,89,90)(H,91,92)(H4,63,64,65)/t36-,37-,38?,39?,40?,41?,42+,43+,46-,47+,48?,49+,50-,51+/m1/s1. The number of hydrogen-bond donors (Lipinski definition) is 15. The van der Waals surface area contributed by atoms with Crippen molar-refractivity contribution in [2.75, 3.05) is 26.2 Å². The first-order valence-corrected chi connectivity index (χ1v) is 33.3. The largest absolute Gasteiger partial charge is 0.479 e. The lowest BCUT2D eigenvalue weighted by Crippen LogP contribution is -2.64. The van der Waals surface area contributed by atoms with Crippen LogP contribution in [0.25, 0.3) is 0 Å². The minimum Gasteiger partial charge on any atom is -0.479 e. The number of aliphatic hydroxyl groups is 6. The fourth-order valence-corrected chi connectivity index (χ4v) is 11.8. The number of hydrogen-bond acceptors (Lipinski definition) is 20. The van der Waals surface area contributed by atoms with E-state index in [4.69, 9.17) is 16.2 Å². The van der Waals surface area contributed by atoms with E-state index in [2.05, 4.69) is 29.5 Å². The average Bonchev–Trinajstić information content (AvgIpc) is 1.49. The molecule has 534 valence electrons. The van der Waals surface area contributed by atoms with Crippen molar-refractivity contribution in [1.29, 1.82) is 0 Å². The van der Waals surface area contributed by atoms with Gasteiger partial charge in [-0.05, 0) is 65.2 Å². The SMILES string of the molecule is CCCCCCCCCCCC(O)CC(=O)N1C(=O)CC(CCCCCCCCCCC)OC(=O)[C@H]([C@H](O)C(=O)O)NC(=O)[C@@H]2[C@@H](O)CCN2C(=O)C(CO)NC(=O)[C@@H]([C@@H](O)C(=O)O)NC(=O)C(CCCN=C(N)N)NC(=O)[C@@H]2CCCN2C(=O)[C@@H](C)NC(=O)C1[C@@H](C)O. The third-order valence-corrected chi connectivity index (χ3v) is 17.0. The maximum atomic E-state index is 15.0. The molecule has 9 amide bonds. The van der Waals surface area contributed by atoms with Crippen LogP contribution in [-0.4, -0.2) is 244 Å². The zero-order valence-corrected chi connectivity index (χ0v) is 54.8. The summed E-state index contributed by atoms with van der Waals surface area (Å²) in [4.78, 5) is 175. The second-order valence-corrected chi connectivity index (χ2v) is 24.7. The summed E-state index contributed by atoms with van der Waals surface area (Å²) in [6.45, 7) is 4.35. The molecular weight excluding hydrogens is 1230 g/mol. The van der Waals surface area contributed by atoms with Crippen molar-refractivity contribution in [2.24, 2.45) is 16.5 Å². The summed E-state index contributed by atoms with van der Waals surface area (Å²) in [6, 6.07) is -16.3. The zero-order valence-electron chi connectivity index (χ0n) is 54.8. The molecule has 3 rings (SSSR count). The first-order valence-electron chi connectivity index (χ1n) is 33.3. The molecule has 32 nitrogen and oxygen atoms in total. The van der Waals surface area contributed by atoms with Crippen LogP contribution in [-0.2, 0) is 62.3 Å². The Morgan fingerprint density at radius 2 is 1.16 bits per heavy atom. The van der Waals surface area contributed by atoms with Crippen molar-refractivity contribution in [1.82, 2.24) is 41.3 Å². The van der Waals surface area contributed by atoms with E-state index in [9.17, 15) is 93.6 Å². The highest BCUT2D eigenvalue weighted by atomic mass is 16.5. The van der Waals surface area contributed by atoms with Crippen molar-refractivity contribution in [3.63, 3.8) is 0 Å². The number of carbonyl (C=O) groups excluding carboxylic acids is 10. The quantitative estimate of drug-likeness (QED) is 0.0155. The van der Waals surface area contributed by atoms with Gasteiger partial charge < -0.3 is 93.4 Å². The third kappa shape index (κ3) is 26.2. The first-order chi connectivity index (χ1) is 44.6. The summed E-state index contributed by atoms with van der Waals surface area (Å²) in [5.74, 6) is -17.7. The molecule has 3 fully saturated rings. The van der Waals surface area contributed by atoms with Crippen LogP contribution in [0, 0.1) is 0 Å². The molecular formula is C62H105N11O21. The second-order valence-electron chi connectivity index (χ2n) is 24.7. The van der Waals surface area contributed by atoms with Gasteiger partial charge in [0.15, 0.2) is 24.2 Å². The molecule has 32 heteroatoms. The number of aliphatic hydroxyl groups excluding tert-OH is 6. The highest BCUT2D eigenvalue weighted by Crippen LogP contribution is 2.25. The van der Waals surface area contributed by atoms with Crippen LogP contribution < -0.4 is 38.1 Å². The van der Waals surface area contributed by atoms with Crippen molar-refractivity contribution in [3.8, 4) is 0 Å². The van der Waals surface area contributed by atoms with Crippen LogP contribution >= 0.6 is 0 Å². The molecule has 0 spiro atoms. The molecule has 0 radical (unpaired) electrons. The molecule has 3 aliphatic heterocycles. The van der Waals surface area contributed by atoms with Gasteiger partial charge in [-0.1, -0.05) is 123 Å². The van der Waals surface area contributed by atoms with Gasteiger partial charge in [0, 0.05) is 19.6 Å². The number of carbonyl (C=O) groups is 12. The lowest BCUT2D eigenvalue weighted by molar-refractivity contribution is -0.167. The minimum absolute atomic E-state index is 0.0360. The maximum absolute atomic E-state index is 15.0. The number of guanidine groups is 1. The molecule has 3 saturated heterocycles. The summed E-state index contributed by atoms with van der Waals surface area (Å²) in [6.07, 6.45) is 0.615. The Morgan fingerprint density at radius 3 is 1.71 bits per heavy atom. The predicted octanol–water partition coefficient (Wildman–Crippen LogP) is -1.67. The molecule has 3 aliphatic rings. The molecule has 17 N–H and O–H groups in total. The highest BCUT2D eigenvalue weighted by Gasteiger charge is 2.48. The summed E-state index contributed by atoms with van der Waals surface area (Å²) in [5, 5.41) is 97.3. The first kappa shape index (κ1) is 81.1. The molecule has 94 heavy (non-hydrogen) atoms. The highest BCUT2D eigenvalue weighted by molar-refractivity contribution is 6.03. The fourth-order valence-electron chi connectivity index (χ4n) is 11.8. The van der Waals surface area contributed by atoms with Crippen molar-refractivity contribution < 1.29 is 103 Å². The molecule has 0 bridgehead atoms. The fraction of sp³-hybridized carbons (Fsp3) is 0.790. The number of esters is 1. The Morgan fingerprint density at radius 1 is 0.617 bits per heavy atom. The van der Waals surface area contributed by atoms with Gasteiger partial charge in [0.05, 0.1) is 37.8 Å². The van der Waals surface area contributed by atoms with Gasteiger partial charge in [-0.15, -0.1) is 0 Å². The number of ether oxygens (including phenoxy) is 1. The Kier molecular flexibility index (Phi) is 36.5. The van der Waals surface area contributed by atoms with E-state index in [0.717, 1.165) is 95.3 Å². The Hall–Kier alpha value is -7.13. The molecule has 14 atom stereocenters. The Balaban J connectivity index is 2.26. The normalized spacial score (nSPS) is 25.6. The topological polar surface area (TPSA) is 510 Å². The van der Waals surface area contributed by atoms with Crippen LogP contribution in [0.4, 0.5) is 0 Å². The van der Waals surface area contributed by atoms with E-state index in [-0.39, 0.29) is 64.0 Å². The molecule has 5 unspecified atom stereocenters. The number of nitrogens with zero attached hydrogens (tertiary/aromatic N) is 4. The number of imide groups is 1. The molecule has 0 aromatic heterocycles. The smallest absolute Gasteiger partial charge is 0.335 e. The van der Waals surface area contributed by atoms with Crippen LogP contribution in [0.3, 0.4) is 0 Å². The number of unbranched alkanes of at least 4 members (excludes halogenated alkanes) is 16. The van der Waals surface area contributed by atoms with Gasteiger partial charge in [-0.2, -0.15) is 0 Å². The number of nitrogens with two attached hydrogens (primary N) is 2. The van der Waals surface area contributed by atoms with Crippen LogP contribution in [0.2, 0.25) is 0 Å². The number of carboxylic acid groups (broad SMARTS) is 2. The summed E-state index contributed by atoms with van der Waals surface area (Å²) in [7, 11) is 0. The molecule has 0 aliphatic carbocycles. The number of nitrogens with one attached hydrogen (secondary N) is 5. The minimum atomic E-state index is -2.85. The molecule has 0 aromatic rings. The van der Waals surface area contributed by atoms with Crippen molar-refractivity contribution >= 4 is 77.0 Å². The van der Waals surface area contributed by atoms with E-state index in [1.54, 1.807) is 0 Å². The number of aliphatic carboxylic acids is 2. The average molecular weight is 1340 g/mol. The van der Waals surface area contributed by atoms with Gasteiger partial charge in [-0.25, -0.2) is 14.4 Å². The maximum Gasteiger partial charge on any atom is 0.335 e. The van der Waals surface area contributed by atoms with Gasteiger partial charge >= 0.3 is 17.9 Å². The number of aliphatic imine (C=N–C) groups is 1. The van der Waals surface area contributed by atoms with Gasteiger partial charge in [0.25, 0.3) is 0 Å². The molecule has 0 saturated carbocycles. The number of amides is 9. The van der Waals surface area contributed by atoms with Gasteiger partial charge in [-0.3, -0.25) is 53.0 Å². The predicted molar refractivity (Wildman–Crippen MR) is 337 cm³/mol. The van der Waals surface area contributed by atoms with Crippen molar-refractivity contribution in [3.05, 3.63) is 0 Å². The van der Waals surface area contributed by atoms with E-state index in [0.29, 0.717) is 35.5 Å². The number of carboxylic acids is 2. The van der Waals surface area contributed by atoms with Crippen LogP contribution in [0.15, 0.2) is 4.99 Å². The van der Waals surface area contributed by atoms with E-state index < -0.39 is 188 Å². The molecule has 3 heterocycles. The van der Waals surface area contributed by atoms with Crippen LogP contribution in [0.5, 0.6) is 0 Å². The Labute approximate surface area is 548 Å². The third-order valence-electron chi connectivity index (χ3n) is 17.0. The van der Waals surface area contributed by atoms with Crippen molar-refractivity contribution in [2.45, 2.75) is 286 Å². The lowest BCUT2D eigenvalue weighted by Gasteiger charge is -2.34. The van der Waals surface area contributed by atoms with Crippen LogP contribution in [0.1, 0.15) is 201 Å². The summed E-state index contributed by atoms with van der Waals surface area (Å²) >= 11 is 0. The van der Waals surface area contributed by atoms with Gasteiger partial charge in [0.2, 0.25) is 53.2 Å². The van der Waals surface area contributed by atoms with E-state index in [1.165, 1.54) is 6.92 Å². The monoisotopic (exact) mass is 1340 g/mol. The summed E-state index contributed by atoms with van der Waals surface area (Å²) < 4.78 is 5.77. The zero-order chi connectivity index (χ0) is 70.2. The lowest BCUT2D eigenvalue weighted by atomic mass is 10.0. The molecule has 0 aromatic carbocycles. The van der Waals surface area contributed by atoms with Gasteiger partial charge in [0.1, 0.15) is 48.4 Å².